The van der Waals surface area contributed by atoms with Crippen molar-refractivity contribution < 1.29 is 15.0 Å². The number of nitrogens with one attached hydrogen (secondary N) is 1. The Kier molecular flexibility index (Phi) is 27.6. The lowest BCUT2D eigenvalue weighted by atomic mass is 10.1. The Morgan fingerprint density at radius 1 is 0.676 bits per heavy atom. The third kappa shape index (κ3) is 25.8. The lowest BCUT2D eigenvalue weighted by molar-refractivity contribution is -0.123. The van der Waals surface area contributed by atoms with Gasteiger partial charge in [-0.25, -0.2) is 0 Å². The van der Waals surface area contributed by atoms with Gasteiger partial charge >= 0.3 is 0 Å². The normalized spacial score (nSPS) is 13.9. The number of rotatable bonds is 26. The summed E-state index contributed by atoms with van der Waals surface area (Å²) in [5.74, 6) is -0.0820. The van der Waals surface area contributed by atoms with Crippen LogP contribution in [0.5, 0.6) is 0 Å². The molecular formula is C33H59NO3. The summed E-state index contributed by atoms with van der Waals surface area (Å²) < 4.78 is 0. The summed E-state index contributed by atoms with van der Waals surface area (Å²) in [6.07, 6.45) is 37.6. The van der Waals surface area contributed by atoms with Crippen LogP contribution in [0.25, 0.3) is 0 Å². The Bertz CT molecular complexity index is 609. The molecule has 37 heavy (non-hydrogen) atoms. The molecule has 0 heterocycles. The molecule has 0 aliphatic heterocycles. The van der Waals surface area contributed by atoms with Crippen LogP contribution in [0.1, 0.15) is 136 Å². The van der Waals surface area contributed by atoms with E-state index in [-0.39, 0.29) is 12.5 Å². The molecule has 2 atom stereocenters. The number of hydrogen-bond acceptors (Lipinski definition) is 3. The van der Waals surface area contributed by atoms with Crippen LogP contribution >= 0.6 is 0 Å². The first kappa shape index (κ1) is 35.4. The van der Waals surface area contributed by atoms with Crippen molar-refractivity contribution >= 4 is 5.91 Å². The van der Waals surface area contributed by atoms with Crippen molar-refractivity contribution in [3.8, 4) is 0 Å². The smallest absolute Gasteiger partial charge is 0.220 e. The van der Waals surface area contributed by atoms with E-state index in [1.54, 1.807) is 6.08 Å². The molecule has 2 unspecified atom stereocenters. The van der Waals surface area contributed by atoms with Gasteiger partial charge in [-0.3, -0.25) is 4.79 Å². The van der Waals surface area contributed by atoms with Crippen LogP contribution < -0.4 is 5.32 Å². The number of carbonyl (C=O) groups is 1. The minimum absolute atomic E-state index is 0.0820. The van der Waals surface area contributed by atoms with Crippen molar-refractivity contribution in [1.29, 1.82) is 0 Å². The molecular weight excluding hydrogens is 458 g/mol. The molecule has 3 N–H and O–H groups in total. The molecule has 0 aromatic carbocycles. The second-order valence-corrected chi connectivity index (χ2v) is 10.1. The van der Waals surface area contributed by atoms with Gasteiger partial charge in [0, 0.05) is 6.42 Å². The number of allylic oxidation sites excluding steroid dienone is 7. The van der Waals surface area contributed by atoms with E-state index in [1.807, 2.05) is 6.08 Å². The van der Waals surface area contributed by atoms with E-state index in [0.29, 0.717) is 6.42 Å². The molecule has 214 valence electrons. The molecule has 0 aromatic rings. The zero-order valence-electron chi connectivity index (χ0n) is 24.2. The van der Waals surface area contributed by atoms with Crippen LogP contribution in [0.3, 0.4) is 0 Å². The quantitative estimate of drug-likeness (QED) is 0.0795. The zero-order valence-corrected chi connectivity index (χ0v) is 24.2. The van der Waals surface area contributed by atoms with Crippen LogP contribution in [0.15, 0.2) is 48.6 Å². The molecule has 0 spiro atoms. The number of carbonyl (C=O) groups excluding carboxylic acids is 1. The maximum absolute atomic E-state index is 12.2. The highest BCUT2D eigenvalue weighted by Crippen LogP contribution is 2.11. The van der Waals surface area contributed by atoms with Gasteiger partial charge in [-0.05, 0) is 51.4 Å². The third-order valence-electron chi connectivity index (χ3n) is 6.57. The van der Waals surface area contributed by atoms with Gasteiger partial charge in [-0.2, -0.15) is 0 Å². The number of amides is 1. The van der Waals surface area contributed by atoms with Crippen molar-refractivity contribution in [3.63, 3.8) is 0 Å². The third-order valence-corrected chi connectivity index (χ3v) is 6.57. The van der Waals surface area contributed by atoms with Crippen LogP contribution in [0, 0.1) is 0 Å². The summed E-state index contributed by atoms with van der Waals surface area (Å²) in [6, 6.07) is -0.624. The molecule has 0 saturated carbocycles. The maximum atomic E-state index is 12.2. The van der Waals surface area contributed by atoms with E-state index in [4.69, 9.17) is 0 Å². The number of aliphatic hydroxyl groups excluding tert-OH is 2. The molecule has 1 amide bonds. The highest BCUT2D eigenvalue weighted by Gasteiger charge is 2.17. The summed E-state index contributed by atoms with van der Waals surface area (Å²) in [7, 11) is 0. The topological polar surface area (TPSA) is 69.6 Å². The molecule has 0 radical (unpaired) electrons. The van der Waals surface area contributed by atoms with Gasteiger partial charge in [-0.15, -0.1) is 0 Å². The monoisotopic (exact) mass is 517 g/mol. The SMILES string of the molecule is CC/C=C\C/C=C\C/C=C\CCCCCCCCCC(=O)NC(CO)C(O)/C=C/CCCCCCCC. The van der Waals surface area contributed by atoms with Gasteiger partial charge in [-0.1, -0.05) is 127 Å². The van der Waals surface area contributed by atoms with Crippen LogP contribution in [-0.4, -0.2) is 34.9 Å². The minimum Gasteiger partial charge on any atom is -0.394 e. The lowest BCUT2D eigenvalue weighted by Gasteiger charge is -2.20. The summed E-state index contributed by atoms with van der Waals surface area (Å²) in [6.45, 7) is 4.12. The Hall–Kier alpha value is -1.65. The molecule has 4 heteroatoms. The average Bonchev–Trinajstić information content (AvgIpc) is 2.90. The second kappa shape index (κ2) is 28.9. The maximum Gasteiger partial charge on any atom is 0.220 e. The van der Waals surface area contributed by atoms with E-state index >= 15 is 0 Å². The second-order valence-electron chi connectivity index (χ2n) is 10.1. The van der Waals surface area contributed by atoms with Gasteiger partial charge in [0.15, 0.2) is 0 Å². The summed E-state index contributed by atoms with van der Waals surface area (Å²) in [5.41, 5.74) is 0. The fraction of sp³-hybridized carbons (Fsp3) is 0.727. The summed E-state index contributed by atoms with van der Waals surface area (Å²) in [4.78, 5) is 12.2. The Balaban J connectivity index is 3.68. The van der Waals surface area contributed by atoms with Crippen molar-refractivity contribution in [2.75, 3.05) is 6.61 Å². The minimum atomic E-state index is -0.840. The van der Waals surface area contributed by atoms with Gasteiger partial charge < -0.3 is 15.5 Å². The molecule has 0 aliphatic carbocycles. The predicted octanol–water partition coefficient (Wildman–Crippen LogP) is 8.50. The fourth-order valence-corrected chi connectivity index (χ4v) is 4.19. The summed E-state index contributed by atoms with van der Waals surface area (Å²) in [5, 5.41) is 22.6. The Labute approximate surface area is 229 Å². The lowest BCUT2D eigenvalue weighted by Crippen LogP contribution is -2.45. The summed E-state index contributed by atoms with van der Waals surface area (Å²) >= 11 is 0. The van der Waals surface area contributed by atoms with E-state index < -0.39 is 12.1 Å². The van der Waals surface area contributed by atoms with E-state index in [0.717, 1.165) is 57.8 Å². The predicted molar refractivity (Wildman–Crippen MR) is 161 cm³/mol. The number of aliphatic hydroxyl groups is 2. The first-order valence-electron chi connectivity index (χ1n) is 15.4. The van der Waals surface area contributed by atoms with Crippen LogP contribution in [-0.2, 0) is 4.79 Å². The van der Waals surface area contributed by atoms with Gasteiger partial charge in [0.05, 0.1) is 18.8 Å². The Morgan fingerprint density at radius 3 is 1.78 bits per heavy atom. The molecule has 0 bridgehead atoms. The number of hydrogen-bond donors (Lipinski definition) is 3. The average molecular weight is 518 g/mol. The number of unbranched alkanes of at least 4 members (excludes halogenated alkanes) is 13. The largest absolute Gasteiger partial charge is 0.394 e. The van der Waals surface area contributed by atoms with Crippen LogP contribution in [0.4, 0.5) is 0 Å². The highest BCUT2D eigenvalue weighted by atomic mass is 16.3. The van der Waals surface area contributed by atoms with Gasteiger partial charge in [0.1, 0.15) is 0 Å². The molecule has 0 saturated heterocycles. The van der Waals surface area contributed by atoms with E-state index in [2.05, 4.69) is 55.6 Å². The van der Waals surface area contributed by atoms with Crippen molar-refractivity contribution in [3.05, 3.63) is 48.6 Å². The van der Waals surface area contributed by atoms with E-state index in [9.17, 15) is 15.0 Å². The van der Waals surface area contributed by atoms with Crippen molar-refractivity contribution in [2.45, 2.75) is 148 Å². The van der Waals surface area contributed by atoms with Gasteiger partial charge in [0.25, 0.3) is 0 Å². The van der Waals surface area contributed by atoms with E-state index in [1.165, 1.54) is 57.8 Å². The molecule has 0 fully saturated rings. The zero-order chi connectivity index (χ0) is 27.2. The Morgan fingerprint density at radius 2 is 1.19 bits per heavy atom. The standard InChI is InChI=1S/C33H59NO3/c1-3-5-7-9-11-13-14-15-16-17-18-19-20-21-23-25-27-29-33(37)34-31(30-35)32(36)28-26-24-22-12-10-8-6-4-2/h5,7,11,13,15-16,26,28,31-32,35-36H,3-4,6,8-10,12,14,17-25,27,29-30H2,1-2H3,(H,34,37)/b7-5-,13-11-,16-15-,28-26+. The molecule has 4 nitrogen and oxygen atoms in total. The van der Waals surface area contributed by atoms with Crippen LogP contribution in [0.2, 0.25) is 0 Å². The molecule has 0 aromatic heterocycles. The first-order valence-corrected chi connectivity index (χ1v) is 15.4. The fourth-order valence-electron chi connectivity index (χ4n) is 4.19. The van der Waals surface area contributed by atoms with Gasteiger partial charge in [0.2, 0.25) is 5.91 Å². The molecule has 0 aliphatic rings. The first-order chi connectivity index (χ1) is 18.2. The molecule has 0 rings (SSSR count). The van der Waals surface area contributed by atoms with Crippen molar-refractivity contribution in [2.24, 2.45) is 0 Å². The highest BCUT2D eigenvalue weighted by molar-refractivity contribution is 5.76. The van der Waals surface area contributed by atoms with Crippen molar-refractivity contribution in [1.82, 2.24) is 5.32 Å².